The maximum absolute atomic E-state index is 5.54. The second-order valence-corrected chi connectivity index (χ2v) is 38.1. The molecule has 9 nitrogen and oxygen atoms in total. The van der Waals surface area contributed by atoms with Crippen LogP contribution in [0.25, 0.3) is 0 Å². The average Bonchev–Trinajstić information content (AvgIpc) is 1.80. The Kier molecular flexibility index (Phi) is 69.8. The zero-order chi connectivity index (χ0) is 82.6. The van der Waals surface area contributed by atoms with Crippen molar-refractivity contribution in [1.29, 1.82) is 0 Å². The Bertz CT molecular complexity index is 2700. The minimum Gasteiger partial charge on any atom is -0.445 e. The molecule has 0 atom stereocenters. The molecule has 0 bridgehead atoms. The fourth-order valence-corrected chi connectivity index (χ4v) is 12.2. The largest absolute Gasteiger partial charge is 0.445 e. The van der Waals surface area contributed by atoms with E-state index >= 15 is 0 Å². The van der Waals surface area contributed by atoms with Crippen LogP contribution < -0.4 is 16.0 Å². The van der Waals surface area contributed by atoms with Gasteiger partial charge in [0.15, 0.2) is 5.89 Å². The van der Waals surface area contributed by atoms with E-state index in [0.717, 1.165) is 131 Å². The number of nitrogens with one attached hydrogen (secondary N) is 4. The van der Waals surface area contributed by atoms with Crippen LogP contribution in [0.4, 0.5) is 0 Å². The molecule has 0 aliphatic heterocycles. The second-order valence-electron chi connectivity index (χ2n) is 35.3. The lowest BCUT2D eigenvalue weighted by Gasteiger charge is -2.04. The maximum atomic E-state index is 5.54. The van der Waals surface area contributed by atoms with E-state index in [4.69, 9.17) is 4.42 Å². The number of imidazole rings is 1. The van der Waals surface area contributed by atoms with Crippen LogP contribution in [0.5, 0.6) is 0 Å². The summed E-state index contributed by atoms with van der Waals surface area (Å²) in [6.45, 7) is 82.2. The Labute approximate surface area is 677 Å². The Hall–Kier alpha value is -4.32. The molecule has 0 radical (unpaired) electrons. The highest BCUT2D eigenvalue weighted by Gasteiger charge is 2.11. The standard InChI is InChI=1S/C12H25N.C12H23N.C11H21N.C11H18S.C10H18N2.C10H17NO.2C10H17NS.C9H16/c2*1-11(2)9-7-5-6-8-10-13-12(3)4;1-10(2)8-6-5-7-9-12-11(3)4;1-8(2)5-11-6-10(7-12-11)9(3)4;2*1-7(2)5-10-11-6-9(12-10)8(3)4;1-7(2)5-10-11-9(6-12-10)8(3)4;1-7(2)5-9-6-12-10(11-9)8(3)4;1-8(2)6-5-7-9(3)4/h5-6,11-13H,7-10H2,1-4H3;11-13H,7-10H2,1-4H3;10-12H,7-9H2,1-4H3;6-9H,5H2,1-4H3;6-8H,5H2,1-4H3,(H,11,12);3*6-8H,5H2,1-4H3;8-9H,6H2,1-4H3. The minimum absolute atomic E-state index is 0.443. The van der Waals surface area contributed by atoms with Crippen LogP contribution in [0.1, 0.15) is 392 Å². The summed E-state index contributed by atoms with van der Waals surface area (Å²) in [5.74, 6) is 31.9. The van der Waals surface area contributed by atoms with Gasteiger partial charge in [-0.15, -0.1) is 69.5 Å². The van der Waals surface area contributed by atoms with Gasteiger partial charge in [0.1, 0.15) is 11.6 Å². The Morgan fingerprint density at radius 1 is 0.421 bits per heavy atom. The molecular weight excluding hydrogens is 1370 g/mol. The molecule has 5 aromatic heterocycles. The van der Waals surface area contributed by atoms with E-state index in [1.807, 2.05) is 23.7 Å². The lowest BCUT2D eigenvalue weighted by Crippen LogP contribution is -2.23. The Morgan fingerprint density at radius 3 is 1.36 bits per heavy atom. The van der Waals surface area contributed by atoms with Crippen molar-refractivity contribution in [2.45, 2.75) is 387 Å². The molecule has 12 heteroatoms. The first-order valence-electron chi connectivity index (χ1n) is 42.2. The Morgan fingerprint density at radius 2 is 0.935 bits per heavy atom. The van der Waals surface area contributed by atoms with Gasteiger partial charge < -0.3 is 25.4 Å². The zero-order valence-corrected chi connectivity index (χ0v) is 78.9. The zero-order valence-electron chi connectivity index (χ0n) is 76.5. The fourth-order valence-electron chi connectivity index (χ4n) is 8.88. The molecule has 5 aromatic rings. The predicted molar refractivity (Wildman–Crippen MR) is 484 cm³/mol. The first-order valence-corrected chi connectivity index (χ1v) is 44.8. The van der Waals surface area contributed by atoms with Crippen LogP contribution >= 0.6 is 34.0 Å². The molecule has 107 heavy (non-hydrogen) atoms. The average molecular weight is 1540 g/mol. The van der Waals surface area contributed by atoms with Gasteiger partial charge in [-0.25, -0.2) is 19.9 Å². The van der Waals surface area contributed by atoms with Crippen molar-refractivity contribution in [2.75, 3.05) is 19.6 Å². The van der Waals surface area contributed by atoms with Gasteiger partial charge in [0.2, 0.25) is 0 Å². The topological polar surface area (TPSA) is 117 Å². The molecule has 0 spiro atoms. The van der Waals surface area contributed by atoms with Gasteiger partial charge in [-0.1, -0.05) is 261 Å². The van der Waals surface area contributed by atoms with E-state index in [0.29, 0.717) is 77.3 Å². The van der Waals surface area contributed by atoms with E-state index in [-0.39, 0.29) is 0 Å². The van der Waals surface area contributed by atoms with E-state index in [9.17, 15) is 0 Å². The van der Waals surface area contributed by atoms with Crippen LogP contribution in [-0.2, 0) is 32.1 Å². The minimum atomic E-state index is 0.443. The number of hydrogen-bond acceptors (Lipinski definition) is 11. The van der Waals surface area contributed by atoms with Crippen molar-refractivity contribution < 1.29 is 4.42 Å². The van der Waals surface area contributed by atoms with Crippen LogP contribution in [0.2, 0.25) is 0 Å². The van der Waals surface area contributed by atoms with Crippen LogP contribution in [0, 0.1) is 94.7 Å². The molecule has 4 N–H and O–H groups in total. The summed E-state index contributed by atoms with van der Waals surface area (Å²) in [5.41, 5.74) is 5.25. The molecule has 0 aliphatic carbocycles. The van der Waals surface area contributed by atoms with Crippen LogP contribution in [0.15, 0.2) is 51.2 Å². The molecule has 0 fully saturated rings. The third kappa shape index (κ3) is 75.5. The van der Waals surface area contributed by atoms with Crippen LogP contribution in [0.3, 0.4) is 0 Å². The molecule has 5 rings (SSSR count). The monoisotopic (exact) mass is 1540 g/mol. The molecule has 0 saturated heterocycles. The number of hydrogen-bond donors (Lipinski definition) is 4. The third-order valence-corrected chi connectivity index (χ3v) is 18.1. The van der Waals surface area contributed by atoms with Crippen molar-refractivity contribution >= 4 is 34.0 Å². The number of thiazole rings is 2. The number of aromatic amines is 1. The highest BCUT2D eigenvalue weighted by Crippen LogP contribution is 2.25. The quantitative estimate of drug-likeness (QED) is 0.0191. The molecule has 0 aliphatic rings. The van der Waals surface area contributed by atoms with Crippen LogP contribution in [-0.4, -0.2) is 62.7 Å². The summed E-state index contributed by atoms with van der Waals surface area (Å²) in [7, 11) is 0. The van der Waals surface area contributed by atoms with Gasteiger partial charge in [-0.3, -0.25) is 0 Å². The van der Waals surface area contributed by atoms with Crippen molar-refractivity contribution in [3.8, 4) is 35.5 Å². The summed E-state index contributed by atoms with van der Waals surface area (Å²) in [6.07, 6.45) is 23.9. The number of rotatable bonds is 32. The van der Waals surface area contributed by atoms with Gasteiger partial charge in [0.05, 0.1) is 27.6 Å². The lowest BCUT2D eigenvalue weighted by molar-refractivity contribution is 0.416. The van der Waals surface area contributed by atoms with Crippen molar-refractivity contribution in [1.82, 2.24) is 40.9 Å². The first kappa shape index (κ1) is 109. The summed E-state index contributed by atoms with van der Waals surface area (Å²) >= 11 is 5.49. The third-order valence-electron chi connectivity index (χ3n) is 15.0. The first-order chi connectivity index (χ1) is 50.0. The van der Waals surface area contributed by atoms with E-state index in [2.05, 4.69) is 360 Å². The molecule has 0 amide bonds. The van der Waals surface area contributed by atoms with E-state index in [1.165, 1.54) is 63.2 Å². The number of allylic oxidation sites excluding steroid dienone is 1. The lowest BCUT2D eigenvalue weighted by atomic mass is 10.0. The number of oxazole rings is 1. The molecule has 0 saturated carbocycles. The van der Waals surface area contributed by atoms with Gasteiger partial charge >= 0.3 is 0 Å². The van der Waals surface area contributed by atoms with Gasteiger partial charge in [0, 0.05) is 128 Å². The number of thiophene rings is 1. The summed E-state index contributed by atoms with van der Waals surface area (Å²) in [6, 6.07) is 4.13. The summed E-state index contributed by atoms with van der Waals surface area (Å²) in [5, 5.41) is 19.3. The second kappa shape index (κ2) is 68.5. The molecule has 616 valence electrons. The molecular formula is C95H172N8OS3. The Balaban J connectivity index is -0.000000558. The van der Waals surface area contributed by atoms with Gasteiger partial charge in [0.25, 0.3) is 0 Å². The SMILES string of the molecule is CC(C)C#CCC(C)C.CC(C)CC#CCCNC(C)C.CC(C)CCC#CCCNC(C)C.CC(C)CCC=CCCNC(C)C.CC(C)Cc1cc(C(C)C)cs1.CC(C)Cc1csc(C(C)C)n1.CC(C)Cc1nc(C(C)C)cs1.CC(C)Cc1ncc(C(C)C)[nH]1.CC(C)Cc1ncc(C(C)C)o1. The number of H-pyrrole nitrogens is 1. The number of nitrogens with zero attached hydrogens (tertiary/aromatic N) is 4. The van der Waals surface area contributed by atoms with Crippen molar-refractivity contribution in [2.24, 2.45) is 59.2 Å². The fraction of sp³-hybridized carbons (Fsp3) is 0.747. The normalized spacial score (nSPS) is 11.1. The van der Waals surface area contributed by atoms with E-state index < -0.39 is 0 Å². The van der Waals surface area contributed by atoms with Crippen molar-refractivity contribution in [3.63, 3.8) is 0 Å². The number of aromatic nitrogens is 5. The highest BCUT2D eigenvalue weighted by atomic mass is 32.1. The van der Waals surface area contributed by atoms with Crippen molar-refractivity contribution in [3.05, 3.63) is 102 Å². The summed E-state index contributed by atoms with van der Waals surface area (Å²) < 4.78 is 5.54. The van der Waals surface area contributed by atoms with Gasteiger partial charge in [-0.05, 0) is 133 Å². The summed E-state index contributed by atoms with van der Waals surface area (Å²) in [4.78, 5) is 22.5. The predicted octanol–water partition coefficient (Wildman–Crippen LogP) is 28.0. The highest BCUT2D eigenvalue weighted by molar-refractivity contribution is 7.10. The van der Waals surface area contributed by atoms with Gasteiger partial charge in [-0.2, -0.15) is 0 Å². The maximum Gasteiger partial charge on any atom is 0.194 e. The molecule has 0 unspecified atom stereocenters. The van der Waals surface area contributed by atoms with E-state index in [1.54, 1.807) is 22.7 Å². The molecule has 5 heterocycles. The smallest absolute Gasteiger partial charge is 0.194 e. The molecule has 0 aromatic carbocycles.